The summed E-state index contributed by atoms with van der Waals surface area (Å²) in [5.41, 5.74) is 5.65. The number of nitrogens with two attached hydrogens (primary N) is 1. The number of aliphatic imine (C=N–C) groups is 1. The summed E-state index contributed by atoms with van der Waals surface area (Å²) < 4.78 is 18.5. The average molecular weight is 275 g/mol. The van der Waals surface area contributed by atoms with Crippen LogP contribution in [0.2, 0.25) is 0 Å². The van der Waals surface area contributed by atoms with E-state index in [1.165, 1.54) is 0 Å². The molecule has 0 atom stereocenters. The van der Waals surface area contributed by atoms with Crippen molar-refractivity contribution in [3.63, 3.8) is 0 Å². The summed E-state index contributed by atoms with van der Waals surface area (Å²) in [6, 6.07) is 0. The lowest BCUT2D eigenvalue weighted by Crippen LogP contribution is -2.44. The van der Waals surface area contributed by atoms with Crippen molar-refractivity contribution < 1.29 is 9.13 Å². The molecule has 0 aromatic carbocycles. The molecule has 0 aliphatic carbocycles. The molecule has 0 amide bonds. The van der Waals surface area contributed by atoms with Gasteiger partial charge in [-0.1, -0.05) is 0 Å². The van der Waals surface area contributed by atoms with E-state index in [0.717, 1.165) is 37.4 Å². The van der Waals surface area contributed by atoms with Gasteiger partial charge >= 0.3 is 0 Å². The summed E-state index contributed by atoms with van der Waals surface area (Å²) in [6.07, 6.45) is 1.49. The largest absolute Gasteiger partial charge is 0.381 e. The first-order valence-corrected chi connectivity index (χ1v) is 7.68. The molecule has 2 N–H and O–H groups in total. The maximum atomic E-state index is 13.2. The molecule has 0 unspecified atom stereocenters. The molecule has 2 aliphatic heterocycles. The third kappa shape index (κ3) is 3.51. The van der Waals surface area contributed by atoms with E-state index >= 15 is 0 Å². The van der Waals surface area contributed by atoms with Gasteiger partial charge in [0.2, 0.25) is 0 Å². The number of halogens is 1. The molecular weight excluding hydrogens is 253 g/mol. The Morgan fingerprint density at radius 1 is 1.33 bits per heavy atom. The molecule has 4 nitrogen and oxygen atoms in total. The Balaban J connectivity index is 1.90. The van der Waals surface area contributed by atoms with E-state index < -0.39 is 0 Å². The van der Waals surface area contributed by atoms with Crippen LogP contribution in [0, 0.1) is 5.41 Å². The number of hydrogen-bond donors (Lipinski definition) is 1. The molecule has 2 fully saturated rings. The quantitative estimate of drug-likeness (QED) is 0.619. The average Bonchev–Trinajstić information content (AvgIpc) is 2.47. The van der Waals surface area contributed by atoms with Crippen molar-refractivity contribution in [2.24, 2.45) is 16.1 Å². The SMILES string of the molecule is NC(=NCC1(CF)CCOCC1)N1CCSCC1. The highest BCUT2D eigenvalue weighted by Gasteiger charge is 2.32. The van der Waals surface area contributed by atoms with Crippen molar-refractivity contribution in [3.8, 4) is 0 Å². The van der Waals surface area contributed by atoms with E-state index in [1.54, 1.807) is 0 Å². The third-order valence-corrected chi connectivity index (χ3v) is 4.69. The maximum Gasteiger partial charge on any atom is 0.191 e. The van der Waals surface area contributed by atoms with E-state index in [1.807, 2.05) is 11.8 Å². The van der Waals surface area contributed by atoms with E-state index in [9.17, 15) is 4.39 Å². The van der Waals surface area contributed by atoms with Crippen LogP contribution in [0.5, 0.6) is 0 Å². The smallest absolute Gasteiger partial charge is 0.191 e. The second-order valence-corrected chi connectivity index (χ2v) is 6.24. The topological polar surface area (TPSA) is 50.9 Å². The zero-order valence-electron chi connectivity index (χ0n) is 10.7. The van der Waals surface area contributed by atoms with Gasteiger partial charge < -0.3 is 15.4 Å². The Morgan fingerprint density at radius 2 is 2.00 bits per heavy atom. The van der Waals surface area contributed by atoms with Crippen molar-refractivity contribution in [1.82, 2.24) is 4.90 Å². The summed E-state index contributed by atoms with van der Waals surface area (Å²) in [4.78, 5) is 6.53. The normalized spacial score (nSPS) is 25.2. The van der Waals surface area contributed by atoms with Gasteiger partial charge in [0.15, 0.2) is 5.96 Å². The van der Waals surface area contributed by atoms with Crippen LogP contribution in [0.3, 0.4) is 0 Å². The molecule has 0 saturated carbocycles. The lowest BCUT2D eigenvalue weighted by atomic mass is 9.82. The van der Waals surface area contributed by atoms with Crippen molar-refractivity contribution in [1.29, 1.82) is 0 Å². The molecule has 18 heavy (non-hydrogen) atoms. The van der Waals surface area contributed by atoms with Crippen molar-refractivity contribution >= 4 is 17.7 Å². The van der Waals surface area contributed by atoms with Crippen molar-refractivity contribution in [2.45, 2.75) is 12.8 Å². The Morgan fingerprint density at radius 3 is 2.61 bits per heavy atom. The first-order valence-electron chi connectivity index (χ1n) is 6.52. The third-order valence-electron chi connectivity index (χ3n) is 3.75. The first-order chi connectivity index (χ1) is 8.76. The number of thioether (sulfide) groups is 1. The molecule has 6 heteroatoms. The fourth-order valence-corrected chi connectivity index (χ4v) is 3.18. The molecule has 0 bridgehead atoms. The van der Waals surface area contributed by atoms with E-state index in [4.69, 9.17) is 10.5 Å². The minimum absolute atomic E-state index is 0.330. The lowest BCUT2D eigenvalue weighted by molar-refractivity contribution is 0.00684. The van der Waals surface area contributed by atoms with E-state index in [2.05, 4.69) is 9.89 Å². The molecule has 0 aromatic heterocycles. The summed E-state index contributed by atoms with van der Waals surface area (Å²) >= 11 is 1.94. The van der Waals surface area contributed by atoms with Crippen LogP contribution in [0.1, 0.15) is 12.8 Å². The van der Waals surface area contributed by atoms with Gasteiger partial charge in [-0.25, -0.2) is 0 Å². The Labute approximate surface area is 112 Å². The van der Waals surface area contributed by atoms with Gasteiger partial charge in [-0.15, -0.1) is 0 Å². The monoisotopic (exact) mass is 275 g/mol. The Bertz CT molecular complexity index is 289. The number of guanidine groups is 1. The number of ether oxygens (including phenoxy) is 1. The van der Waals surface area contributed by atoms with Crippen LogP contribution >= 0.6 is 11.8 Å². The van der Waals surface area contributed by atoms with Gasteiger partial charge in [-0.3, -0.25) is 9.38 Å². The summed E-state index contributed by atoms with van der Waals surface area (Å²) in [7, 11) is 0. The van der Waals surface area contributed by atoms with Crippen LogP contribution in [0.25, 0.3) is 0 Å². The molecule has 2 heterocycles. The molecule has 104 valence electrons. The van der Waals surface area contributed by atoms with Gasteiger partial charge in [0.05, 0.1) is 13.2 Å². The second kappa shape index (κ2) is 6.61. The number of nitrogens with zero attached hydrogens (tertiary/aromatic N) is 2. The van der Waals surface area contributed by atoms with Gasteiger partial charge in [0.1, 0.15) is 0 Å². The number of hydrogen-bond acceptors (Lipinski definition) is 3. The molecule has 2 saturated heterocycles. The van der Waals surface area contributed by atoms with Gasteiger partial charge in [-0.05, 0) is 12.8 Å². The van der Waals surface area contributed by atoms with Gasteiger partial charge in [-0.2, -0.15) is 11.8 Å². The van der Waals surface area contributed by atoms with Crippen LogP contribution in [-0.2, 0) is 4.74 Å². The predicted molar refractivity (Wildman–Crippen MR) is 73.8 cm³/mol. The fourth-order valence-electron chi connectivity index (χ4n) is 2.28. The summed E-state index contributed by atoms with van der Waals surface area (Å²) in [5, 5.41) is 0. The van der Waals surface area contributed by atoms with Crippen LogP contribution in [0.15, 0.2) is 4.99 Å². The van der Waals surface area contributed by atoms with E-state index in [-0.39, 0.29) is 12.1 Å². The van der Waals surface area contributed by atoms with Crippen molar-refractivity contribution in [3.05, 3.63) is 0 Å². The molecule has 0 aromatic rings. The molecule has 2 aliphatic rings. The van der Waals surface area contributed by atoms with Crippen LogP contribution in [0.4, 0.5) is 4.39 Å². The highest BCUT2D eigenvalue weighted by Crippen LogP contribution is 2.31. The minimum atomic E-state index is -0.340. The zero-order valence-corrected chi connectivity index (χ0v) is 11.6. The van der Waals surface area contributed by atoms with Crippen LogP contribution in [-0.4, -0.2) is 61.9 Å². The standard InChI is InChI=1S/C12H22FN3OS/c13-9-12(1-5-17-6-2-12)10-15-11(14)16-3-7-18-8-4-16/h1-10H2,(H2,14,15). The van der Waals surface area contributed by atoms with Gasteiger partial charge in [0, 0.05) is 43.2 Å². The first kappa shape index (κ1) is 13.9. The highest BCUT2D eigenvalue weighted by molar-refractivity contribution is 7.99. The zero-order chi connectivity index (χ0) is 12.8. The second-order valence-electron chi connectivity index (χ2n) is 5.02. The summed E-state index contributed by atoms with van der Waals surface area (Å²) in [6.45, 7) is 3.34. The highest BCUT2D eigenvalue weighted by atomic mass is 32.2. The minimum Gasteiger partial charge on any atom is -0.381 e. The number of alkyl halides is 1. The Hall–Kier alpha value is -0.490. The van der Waals surface area contributed by atoms with Gasteiger partial charge in [0.25, 0.3) is 0 Å². The lowest BCUT2D eigenvalue weighted by Gasteiger charge is -2.34. The van der Waals surface area contributed by atoms with Crippen molar-refractivity contribution in [2.75, 3.05) is 51.0 Å². The number of rotatable bonds is 3. The fraction of sp³-hybridized carbons (Fsp3) is 0.917. The Kier molecular flexibility index (Phi) is 5.12. The predicted octanol–water partition coefficient (Wildman–Crippen LogP) is 1.12. The molecular formula is C12H22FN3OS. The molecule has 0 radical (unpaired) electrons. The van der Waals surface area contributed by atoms with E-state index in [0.29, 0.717) is 25.7 Å². The molecule has 2 rings (SSSR count). The summed E-state index contributed by atoms with van der Waals surface area (Å²) in [5.74, 6) is 2.77. The maximum absolute atomic E-state index is 13.2. The molecule has 0 spiro atoms. The van der Waals surface area contributed by atoms with Crippen LogP contribution < -0.4 is 5.73 Å².